The molecule has 0 aliphatic carbocycles. The van der Waals surface area contributed by atoms with Crippen LogP contribution in [-0.4, -0.2) is 11.5 Å². The molecule has 0 fully saturated rings. The zero-order valence-corrected chi connectivity index (χ0v) is 10.2. The van der Waals surface area contributed by atoms with Crippen molar-refractivity contribution in [3.63, 3.8) is 0 Å². The number of rotatable bonds is 10. The maximum atomic E-state index is 10.2. The highest BCUT2D eigenvalue weighted by Gasteiger charge is 2.00. The molecule has 2 heteroatoms. The third-order valence-corrected chi connectivity index (χ3v) is 2.84. The maximum Gasteiger partial charge on any atom is 0.133 e. The van der Waals surface area contributed by atoms with Gasteiger partial charge in [0.15, 0.2) is 0 Å². The van der Waals surface area contributed by atoms with Gasteiger partial charge in [0.1, 0.15) is 6.29 Å². The van der Waals surface area contributed by atoms with Crippen LogP contribution in [0.5, 0.6) is 0 Å². The summed E-state index contributed by atoms with van der Waals surface area (Å²) < 4.78 is 0. The van der Waals surface area contributed by atoms with E-state index in [1.807, 2.05) is 0 Å². The molecular formula is C12H23OS. The molecule has 0 aromatic heterocycles. The van der Waals surface area contributed by atoms with Crippen LogP contribution >= 0.6 is 12.6 Å². The summed E-state index contributed by atoms with van der Waals surface area (Å²) in [5.41, 5.74) is 0. The lowest BCUT2D eigenvalue weighted by Crippen LogP contribution is -1.98. The summed E-state index contributed by atoms with van der Waals surface area (Å²) >= 11 is 4.91. The molecule has 0 aliphatic heterocycles. The van der Waals surface area contributed by atoms with E-state index in [4.69, 9.17) is 12.6 Å². The Kier molecular flexibility index (Phi) is 11.1. The van der Waals surface area contributed by atoms with E-state index in [1.165, 1.54) is 44.9 Å². The van der Waals surface area contributed by atoms with Gasteiger partial charge in [-0.1, -0.05) is 70.9 Å². The fraction of sp³-hybridized carbons (Fsp3) is 0.917. The average molecular weight is 215 g/mol. The number of aldehydes is 1. The molecule has 0 bridgehead atoms. The highest BCUT2D eigenvalue weighted by atomic mass is 32.1. The third kappa shape index (κ3) is 10.1. The Balaban J connectivity index is 2.95. The summed E-state index contributed by atoms with van der Waals surface area (Å²) in [7, 11) is 0. The van der Waals surface area contributed by atoms with E-state index in [9.17, 15) is 4.79 Å². The largest absolute Gasteiger partial charge is 0.302 e. The van der Waals surface area contributed by atoms with E-state index in [-0.39, 0.29) is 5.25 Å². The lowest BCUT2D eigenvalue weighted by atomic mass is 10.1. The summed E-state index contributed by atoms with van der Waals surface area (Å²) in [6, 6.07) is 0. The first-order chi connectivity index (χ1) is 6.81. The minimum absolute atomic E-state index is 0.143. The van der Waals surface area contributed by atoms with Gasteiger partial charge < -0.3 is 4.79 Å². The summed E-state index contributed by atoms with van der Waals surface area (Å²) in [6.45, 7) is 2.24. The van der Waals surface area contributed by atoms with Crippen LogP contribution in [0.3, 0.4) is 0 Å². The van der Waals surface area contributed by atoms with E-state index < -0.39 is 0 Å². The van der Waals surface area contributed by atoms with Crippen LogP contribution in [0, 0.1) is 0 Å². The zero-order chi connectivity index (χ0) is 10.6. The fourth-order valence-electron chi connectivity index (χ4n) is 1.55. The zero-order valence-electron chi connectivity index (χ0n) is 9.34. The van der Waals surface area contributed by atoms with Crippen molar-refractivity contribution < 1.29 is 4.79 Å². The van der Waals surface area contributed by atoms with E-state index in [2.05, 4.69) is 6.92 Å². The second kappa shape index (κ2) is 11.1. The second-order valence-electron chi connectivity index (χ2n) is 3.94. The Morgan fingerprint density at radius 1 is 1.00 bits per heavy atom. The molecule has 14 heavy (non-hydrogen) atoms. The lowest BCUT2D eigenvalue weighted by molar-refractivity contribution is -0.107. The van der Waals surface area contributed by atoms with Crippen molar-refractivity contribution in [2.24, 2.45) is 0 Å². The molecule has 0 heterocycles. The molecule has 0 saturated carbocycles. The van der Waals surface area contributed by atoms with Crippen molar-refractivity contribution >= 4 is 18.9 Å². The summed E-state index contributed by atoms with van der Waals surface area (Å²) in [6.07, 6.45) is 12.3. The van der Waals surface area contributed by atoms with Crippen LogP contribution in [0.25, 0.3) is 0 Å². The van der Waals surface area contributed by atoms with Crippen LogP contribution < -0.4 is 0 Å². The molecule has 0 spiro atoms. The van der Waals surface area contributed by atoms with Gasteiger partial charge >= 0.3 is 0 Å². The third-order valence-electron chi connectivity index (χ3n) is 2.49. The molecule has 0 aromatic carbocycles. The van der Waals surface area contributed by atoms with Crippen molar-refractivity contribution in [2.45, 2.75) is 70.0 Å². The van der Waals surface area contributed by atoms with Crippen LogP contribution in [0.2, 0.25) is 0 Å². The molecule has 1 nitrogen and oxygen atoms in total. The summed E-state index contributed by atoms with van der Waals surface area (Å²) in [4.78, 5) is 10.2. The first kappa shape index (κ1) is 14.0. The molecule has 1 radical (unpaired) electrons. The number of hydrogen-bond donors (Lipinski definition) is 0. The van der Waals surface area contributed by atoms with Gasteiger partial charge in [-0.3, -0.25) is 0 Å². The molecule has 0 unspecified atom stereocenters. The predicted molar refractivity (Wildman–Crippen MR) is 64.7 cm³/mol. The van der Waals surface area contributed by atoms with Gasteiger partial charge in [-0.25, -0.2) is 0 Å². The molecule has 1 atom stereocenters. The van der Waals surface area contributed by atoms with E-state index in [1.54, 1.807) is 0 Å². The minimum atomic E-state index is -0.143. The van der Waals surface area contributed by atoms with Crippen LogP contribution in [-0.2, 0) is 4.79 Å². The lowest BCUT2D eigenvalue weighted by Gasteiger charge is -2.02. The molecule has 0 rings (SSSR count). The Morgan fingerprint density at radius 3 is 2.00 bits per heavy atom. The summed E-state index contributed by atoms with van der Waals surface area (Å²) in [5, 5.41) is -0.143. The van der Waals surface area contributed by atoms with Gasteiger partial charge in [-0.2, -0.15) is 0 Å². The van der Waals surface area contributed by atoms with Crippen molar-refractivity contribution in [1.82, 2.24) is 0 Å². The molecule has 0 aromatic rings. The number of hydrogen-bond acceptors (Lipinski definition) is 1. The first-order valence-corrected chi connectivity index (χ1v) is 6.39. The van der Waals surface area contributed by atoms with Crippen molar-refractivity contribution in [3.8, 4) is 0 Å². The van der Waals surface area contributed by atoms with Gasteiger partial charge in [-0.05, 0) is 6.42 Å². The van der Waals surface area contributed by atoms with Gasteiger partial charge in [0.05, 0.1) is 5.25 Å². The standard InChI is InChI=1S/C12H23OS/c1-2-3-4-5-6-7-8-9-10-12(14)11-13/h11-12H,2-10H2,1H3/t12-/m0/s1. The Morgan fingerprint density at radius 2 is 1.50 bits per heavy atom. The van der Waals surface area contributed by atoms with Gasteiger partial charge in [0.2, 0.25) is 0 Å². The smallest absolute Gasteiger partial charge is 0.133 e. The number of carbonyl (C=O) groups excluding carboxylic acids is 1. The molecule has 0 N–H and O–H groups in total. The molecule has 83 valence electrons. The van der Waals surface area contributed by atoms with Crippen molar-refractivity contribution in [3.05, 3.63) is 0 Å². The first-order valence-electron chi connectivity index (χ1n) is 5.92. The van der Waals surface area contributed by atoms with Gasteiger partial charge in [0.25, 0.3) is 0 Å². The highest BCUT2D eigenvalue weighted by molar-refractivity contribution is 7.81. The van der Waals surface area contributed by atoms with Gasteiger partial charge in [-0.15, -0.1) is 0 Å². The minimum Gasteiger partial charge on any atom is -0.302 e. The quantitative estimate of drug-likeness (QED) is 0.392. The Labute approximate surface area is 94.1 Å². The van der Waals surface area contributed by atoms with Crippen LogP contribution in [0.15, 0.2) is 0 Å². The SMILES string of the molecule is CCCCCCCCCC[C@H]([S])C=O. The normalized spacial score (nSPS) is 12.7. The highest BCUT2D eigenvalue weighted by Crippen LogP contribution is 2.11. The molecular weight excluding hydrogens is 192 g/mol. The molecule has 0 aliphatic rings. The number of unbranched alkanes of at least 4 members (excludes halogenated alkanes) is 7. The fourth-order valence-corrected chi connectivity index (χ4v) is 1.71. The van der Waals surface area contributed by atoms with Crippen LogP contribution in [0.4, 0.5) is 0 Å². The Bertz CT molecular complexity index is 125. The molecule has 0 amide bonds. The van der Waals surface area contributed by atoms with Crippen molar-refractivity contribution in [1.29, 1.82) is 0 Å². The summed E-state index contributed by atoms with van der Waals surface area (Å²) in [5.74, 6) is 0. The monoisotopic (exact) mass is 215 g/mol. The topological polar surface area (TPSA) is 17.1 Å². The number of carbonyl (C=O) groups is 1. The van der Waals surface area contributed by atoms with E-state index >= 15 is 0 Å². The Hall–Kier alpha value is 0.0200. The van der Waals surface area contributed by atoms with E-state index in [0.29, 0.717) is 0 Å². The second-order valence-corrected chi connectivity index (χ2v) is 4.54. The average Bonchev–Trinajstić information content (AvgIpc) is 2.21. The van der Waals surface area contributed by atoms with E-state index in [0.717, 1.165) is 19.1 Å². The van der Waals surface area contributed by atoms with Gasteiger partial charge in [0, 0.05) is 0 Å². The van der Waals surface area contributed by atoms with Crippen LogP contribution in [0.1, 0.15) is 64.7 Å². The maximum absolute atomic E-state index is 10.2. The van der Waals surface area contributed by atoms with Crippen molar-refractivity contribution in [2.75, 3.05) is 0 Å². The molecule has 0 saturated heterocycles. The predicted octanol–water partition coefficient (Wildman–Crippen LogP) is 4.28.